The normalized spacial score (nSPS) is 18.6. The van der Waals surface area contributed by atoms with Crippen molar-refractivity contribution in [3.63, 3.8) is 0 Å². The summed E-state index contributed by atoms with van der Waals surface area (Å²) in [5.41, 5.74) is 4.10. The summed E-state index contributed by atoms with van der Waals surface area (Å²) in [6.45, 7) is 4.95. The number of hydrogen-bond acceptors (Lipinski definition) is 6. The second-order valence-corrected chi connectivity index (χ2v) is 8.66. The van der Waals surface area contributed by atoms with Crippen molar-refractivity contribution in [2.45, 2.75) is 19.4 Å². The highest BCUT2D eigenvalue weighted by Crippen LogP contribution is 2.39. The highest BCUT2D eigenvalue weighted by molar-refractivity contribution is 7.17. The first-order valence-electron chi connectivity index (χ1n) is 9.59. The van der Waals surface area contributed by atoms with Crippen LogP contribution < -0.4 is 15.0 Å². The third kappa shape index (κ3) is 3.54. The number of morpholine rings is 1. The van der Waals surface area contributed by atoms with Crippen LogP contribution in [0, 0.1) is 0 Å². The van der Waals surface area contributed by atoms with Gasteiger partial charge in [-0.1, -0.05) is 11.6 Å². The van der Waals surface area contributed by atoms with Gasteiger partial charge in [-0.05, 0) is 19.1 Å². The lowest BCUT2D eigenvalue weighted by Crippen LogP contribution is -2.36. The molecule has 1 fully saturated rings. The van der Waals surface area contributed by atoms with Crippen LogP contribution in [-0.2, 0) is 11.2 Å². The molecule has 4 heterocycles. The standard InChI is InChI=1S/C21H20ClN3O3S/c1-12-6-13-7-16(17(9-18(13)28-12)25-2-4-27-5-3-25)24-21(26)15-11-29-19-8-14(22)10-23-20(15)19/h7-12H,2-6H2,1H3,(H,24,26). The molecule has 2 aliphatic heterocycles. The zero-order valence-corrected chi connectivity index (χ0v) is 17.5. The lowest BCUT2D eigenvalue weighted by Gasteiger charge is -2.31. The number of thiophene rings is 1. The number of hydrogen-bond donors (Lipinski definition) is 1. The predicted molar refractivity (Wildman–Crippen MR) is 116 cm³/mol. The third-order valence-corrected chi connectivity index (χ3v) is 6.36. The van der Waals surface area contributed by atoms with Crippen molar-refractivity contribution < 1.29 is 14.3 Å². The molecule has 0 bridgehead atoms. The summed E-state index contributed by atoms with van der Waals surface area (Å²) in [6.07, 6.45) is 2.55. The molecule has 0 aliphatic carbocycles. The van der Waals surface area contributed by atoms with Crippen molar-refractivity contribution in [2.75, 3.05) is 36.5 Å². The van der Waals surface area contributed by atoms with E-state index in [-0.39, 0.29) is 12.0 Å². The van der Waals surface area contributed by atoms with Crippen molar-refractivity contribution in [3.8, 4) is 5.75 Å². The molecule has 0 spiro atoms. The zero-order valence-electron chi connectivity index (χ0n) is 15.9. The molecule has 0 saturated carbocycles. The number of rotatable bonds is 3. The number of benzene rings is 1. The van der Waals surface area contributed by atoms with Gasteiger partial charge in [-0.15, -0.1) is 11.3 Å². The van der Waals surface area contributed by atoms with Crippen LogP contribution in [0.4, 0.5) is 11.4 Å². The Kier molecular flexibility index (Phi) is 4.81. The topological polar surface area (TPSA) is 63.7 Å². The molecule has 1 aromatic carbocycles. The van der Waals surface area contributed by atoms with Crippen LogP contribution in [0.25, 0.3) is 10.2 Å². The largest absolute Gasteiger partial charge is 0.490 e. The highest BCUT2D eigenvalue weighted by atomic mass is 35.5. The van der Waals surface area contributed by atoms with Gasteiger partial charge in [0.15, 0.2) is 0 Å². The average Bonchev–Trinajstić information content (AvgIpc) is 3.29. The number of anilines is 2. The van der Waals surface area contributed by atoms with E-state index >= 15 is 0 Å². The summed E-state index contributed by atoms with van der Waals surface area (Å²) in [6, 6.07) is 5.92. The minimum Gasteiger partial charge on any atom is -0.490 e. The molecule has 1 amide bonds. The van der Waals surface area contributed by atoms with E-state index in [9.17, 15) is 4.79 Å². The molecule has 150 valence electrons. The zero-order chi connectivity index (χ0) is 20.0. The van der Waals surface area contributed by atoms with Gasteiger partial charge in [-0.2, -0.15) is 0 Å². The fraction of sp³-hybridized carbons (Fsp3) is 0.333. The molecule has 0 radical (unpaired) electrons. The van der Waals surface area contributed by atoms with E-state index in [0.29, 0.717) is 29.3 Å². The van der Waals surface area contributed by atoms with Gasteiger partial charge in [-0.3, -0.25) is 9.78 Å². The predicted octanol–water partition coefficient (Wildman–Crippen LogP) is 4.36. The average molecular weight is 430 g/mol. The number of nitrogens with zero attached hydrogens (tertiary/aromatic N) is 2. The Morgan fingerprint density at radius 2 is 2.14 bits per heavy atom. The maximum atomic E-state index is 13.1. The molecule has 1 atom stereocenters. The van der Waals surface area contributed by atoms with Gasteiger partial charge >= 0.3 is 0 Å². The molecule has 1 unspecified atom stereocenters. The van der Waals surface area contributed by atoms with E-state index in [1.54, 1.807) is 6.20 Å². The summed E-state index contributed by atoms with van der Waals surface area (Å²) < 4.78 is 12.3. The van der Waals surface area contributed by atoms with Crippen molar-refractivity contribution in [1.29, 1.82) is 0 Å². The lowest BCUT2D eigenvalue weighted by molar-refractivity contribution is 0.102. The molecule has 5 rings (SSSR count). The lowest BCUT2D eigenvalue weighted by atomic mass is 10.1. The van der Waals surface area contributed by atoms with E-state index in [0.717, 1.165) is 46.9 Å². The summed E-state index contributed by atoms with van der Waals surface area (Å²) in [7, 11) is 0. The summed E-state index contributed by atoms with van der Waals surface area (Å²) in [4.78, 5) is 19.7. The first kappa shape index (κ1) is 18.7. The first-order valence-corrected chi connectivity index (χ1v) is 10.8. The minimum atomic E-state index is -0.174. The molecule has 2 aromatic heterocycles. The number of amides is 1. The van der Waals surface area contributed by atoms with Crippen LogP contribution in [0.5, 0.6) is 5.75 Å². The minimum absolute atomic E-state index is 0.142. The fourth-order valence-electron chi connectivity index (χ4n) is 3.86. The van der Waals surface area contributed by atoms with Crippen molar-refractivity contribution in [3.05, 3.63) is 45.9 Å². The Morgan fingerprint density at radius 1 is 1.31 bits per heavy atom. The van der Waals surface area contributed by atoms with E-state index in [2.05, 4.69) is 22.1 Å². The van der Waals surface area contributed by atoms with Crippen molar-refractivity contribution in [1.82, 2.24) is 4.98 Å². The van der Waals surface area contributed by atoms with Crippen LogP contribution in [0.1, 0.15) is 22.8 Å². The second-order valence-electron chi connectivity index (χ2n) is 7.31. The van der Waals surface area contributed by atoms with Crippen LogP contribution >= 0.6 is 22.9 Å². The number of fused-ring (bicyclic) bond motifs is 2. The maximum Gasteiger partial charge on any atom is 0.258 e. The molecule has 2 aliphatic rings. The number of aromatic nitrogens is 1. The Bertz CT molecular complexity index is 1090. The fourth-order valence-corrected chi connectivity index (χ4v) is 5.01. The Balaban J connectivity index is 1.50. The molecule has 3 aromatic rings. The Morgan fingerprint density at radius 3 is 2.97 bits per heavy atom. The van der Waals surface area contributed by atoms with E-state index < -0.39 is 0 Å². The van der Waals surface area contributed by atoms with E-state index in [1.165, 1.54) is 11.3 Å². The molecule has 29 heavy (non-hydrogen) atoms. The smallest absolute Gasteiger partial charge is 0.258 e. The number of nitrogens with one attached hydrogen (secondary N) is 1. The van der Waals surface area contributed by atoms with E-state index in [4.69, 9.17) is 21.1 Å². The quantitative estimate of drug-likeness (QED) is 0.670. The van der Waals surface area contributed by atoms with Crippen LogP contribution in [0.2, 0.25) is 5.02 Å². The van der Waals surface area contributed by atoms with Gasteiger partial charge in [0.05, 0.1) is 45.4 Å². The molecule has 6 nitrogen and oxygen atoms in total. The van der Waals surface area contributed by atoms with Crippen LogP contribution in [-0.4, -0.2) is 43.3 Å². The number of pyridine rings is 1. The van der Waals surface area contributed by atoms with Crippen LogP contribution in [0.3, 0.4) is 0 Å². The molecule has 8 heteroatoms. The summed E-state index contributed by atoms with van der Waals surface area (Å²) >= 11 is 7.49. The SMILES string of the molecule is CC1Cc2cc(NC(=O)c3csc4cc(Cl)cnc34)c(N3CCOCC3)cc2O1. The first-order chi connectivity index (χ1) is 14.1. The van der Waals surface area contributed by atoms with Gasteiger partial charge in [0.2, 0.25) is 0 Å². The molecule has 1 saturated heterocycles. The molecule has 1 N–H and O–H groups in total. The Hall–Kier alpha value is -2.35. The van der Waals surface area contributed by atoms with Gasteiger partial charge in [-0.25, -0.2) is 0 Å². The van der Waals surface area contributed by atoms with Crippen LogP contribution in [0.15, 0.2) is 29.8 Å². The number of carbonyl (C=O) groups is 1. The number of halogens is 1. The van der Waals surface area contributed by atoms with Gasteiger partial charge in [0, 0.05) is 42.7 Å². The monoisotopic (exact) mass is 429 g/mol. The Labute approximate surface area is 177 Å². The summed E-state index contributed by atoms with van der Waals surface area (Å²) in [5, 5.41) is 5.51. The van der Waals surface area contributed by atoms with E-state index in [1.807, 2.05) is 23.6 Å². The summed E-state index contributed by atoms with van der Waals surface area (Å²) in [5.74, 6) is 0.724. The third-order valence-electron chi connectivity index (χ3n) is 5.24. The second kappa shape index (κ2) is 7.48. The van der Waals surface area contributed by atoms with Gasteiger partial charge < -0.3 is 19.7 Å². The van der Waals surface area contributed by atoms with Crippen molar-refractivity contribution in [2.24, 2.45) is 0 Å². The van der Waals surface area contributed by atoms with Crippen molar-refractivity contribution >= 4 is 50.4 Å². The van der Waals surface area contributed by atoms with Gasteiger partial charge in [0.1, 0.15) is 11.9 Å². The molecular weight excluding hydrogens is 410 g/mol. The number of ether oxygens (including phenoxy) is 2. The maximum absolute atomic E-state index is 13.1. The number of carbonyl (C=O) groups excluding carboxylic acids is 1. The van der Waals surface area contributed by atoms with Gasteiger partial charge in [0.25, 0.3) is 5.91 Å². The molecular formula is C21H20ClN3O3S. The highest BCUT2D eigenvalue weighted by Gasteiger charge is 2.25.